The Kier molecular flexibility index (Phi) is 3.11. The van der Waals surface area contributed by atoms with Gasteiger partial charge in [0.15, 0.2) is 0 Å². The number of amides is 2. The van der Waals surface area contributed by atoms with Crippen molar-refractivity contribution >= 4 is 24.4 Å². The van der Waals surface area contributed by atoms with Gasteiger partial charge in [-0.05, 0) is 0 Å². The van der Waals surface area contributed by atoms with Gasteiger partial charge in [0.1, 0.15) is 0 Å². The minimum absolute atomic E-state index is 0.156. The van der Waals surface area contributed by atoms with E-state index in [-0.39, 0.29) is 18.2 Å². The number of carbonyl (C=O) groups excluding carboxylic acids is 2. The van der Waals surface area contributed by atoms with Gasteiger partial charge in [-0.25, -0.2) is 0 Å². The van der Waals surface area contributed by atoms with Crippen LogP contribution < -0.4 is 0 Å². The third-order valence-electron chi connectivity index (χ3n) is 1.74. The van der Waals surface area contributed by atoms with Gasteiger partial charge >= 0.3 is 0 Å². The maximum Gasteiger partial charge on any atom is 0.242 e. The molecule has 1 atom stereocenters. The van der Waals surface area contributed by atoms with Crippen LogP contribution in [0.15, 0.2) is 0 Å². The van der Waals surface area contributed by atoms with E-state index in [1.807, 2.05) is 0 Å². The molecule has 0 aliphatic carbocycles. The van der Waals surface area contributed by atoms with Crippen LogP contribution in [0.25, 0.3) is 0 Å². The molecule has 1 rings (SSSR count). The van der Waals surface area contributed by atoms with Gasteiger partial charge in [0.05, 0.1) is 18.4 Å². The van der Waals surface area contributed by atoms with Gasteiger partial charge in [-0.15, -0.1) is 0 Å². The summed E-state index contributed by atoms with van der Waals surface area (Å²) < 4.78 is 4.76. The van der Waals surface area contributed by atoms with Crippen molar-refractivity contribution in [2.24, 2.45) is 0 Å². The van der Waals surface area contributed by atoms with Gasteiger partial charge in [0.25, 0.3) is 0 Å². The normalized spacial score (nSPS) is 23.8. The van der Waals surface area contributed by atoms with Crippen molar-refractivity contribution in [2.75, 3.05) is 20.3 Å². The van der Waals surface area contributed by atoms with Crippen LogP contribution in [0.3, 0.4) is 0 Å². The molecule has 0 bridgehead atoms. The van der Waals surface area contributed by atoms with Crippen LogP contribution in [0.4, 0.5) is 0 Å². The summed E-state index contributed by atoms with van der Waals surface area (Å²) in [5.41, 5.74) is 0. The molecule has 68 valence electrons. The molecule has 1 heterocycles. The molecular formula is C7H11NO3S. The molecule has 0 aromatic carbocycles. The predicted octanol–water partition coefficient (Wildman–Crippen LogP) is -0.310. The lowest BCUT2D eigenvalue weighted by Gasteiger charge is -2.12. The molecule has 1 fully saturated rings. The number of likely N-dealkylation sites (tertiary alicyclic amines) is 1. The largest absolute Gasteiger partial charge is 0.383 e. The fraction of sp³-hybridized carbons (Fsp3) is 0.714. The molecule has 0 aromatic rings. The molecular weight excluding hydrogens is 178 g/mol. The monoisotopic (exact) mass is 189 g/mol. The van der Waals surface area contributed by atoms with Crippen molar-refractivity contribution in [1.82, 2.24) is 4.90 Å². The molecule has 1 unspecified atom stereocenters. The molecule has 1 saturated heterocycles. The first-order chi connectivity index (χ1) is 5.66. The Hall–Kier alpha value is -0.550. The highest BCUT2D eigenvalue weighted by Crippen LogP contribution is 2.16. The number of methoxy groups -OCH3 is 1. The molecule has 0 aromatic heterocycles. The number of carbonyl (C=O) groups is 2. The van der Waals surface area contributed by atoms with Crippen molar-refractivity contribution < 1.29 is 14.3 Å². The summed E-state index contributed by atoms with van der Waals surface area (Å²) in [7, 11) is 1.53. The molecule has 5 heteroatoms. The quantitative estimate of drug-likeness (QED) is 0.489. The fourth-order valence-corrected chi connectivity index (χ4v) is 1.38. The Morgan fingerprint density at radius 1 is 1.67 bits per heavy atom. The molecule has 0 saturated carbocycles. The minimum atomic E-state index is -0.450. The van der Waals surface area contributed by atoms with Crippen LogP contribution >= 0.6 is 12.6 Å². The number of rotatable bonds is 3. The van der Waals surface area contributed by atoms with Crippen LogP contribution in [0.2, 0.25) is 0 Å². The number of ether oxygens (including phenoxy) is 1. The van der Waals surface area contributed by atoms with Crippen LogP contribution in [0.1, 0.15) is 6.42 Å². The first-order valence-corrected chi connectivity index (χ1v) is 4.19. The zero-order chi connectivity index (χ0) is 9.14. The molecule has 0 N–H and O–H groups in total. The third kappa shape index (κ3) is 1.78. The van der Waals surface area contributed by atoms with E-state index in [4.69, 9.17) is 4.74 Å². The van der Waals surface area contributed by atoms with E-state index < -0.39 is 5.25 Å². The Balaban J connectivity index is 2.52. The topological polar surface area (TPSA) is 46.6 Å². The zero-order valence-electron chi connectivity index (χ0n) is 6.82. The number of hydrogen-bond acceptors (Lipinski definition) is 4. The molecule has 1 aliphatic rings. The standard InChI is InChI=1S/C7H11NO3S/c1-11-3-2-8-6(9)4-5(12)7(8)10/h5,12H,2-4H2,1H3. The lowest BCUT2D eigenvalue weighted by Crippen LogP contribution is -2.33. The van der Waals surface area contributed by atoms with Crippen LogP contribution in [-0.2, 0) is 14.3 Å². The van der Waals surface area contributed by atoms with E-state index in [9.17, 15) is 9.59 Å². The van der Waals surface area contributed by atoms with Crippen LogP contribution in [0.5, 0.6) is 0 Å². The third-order valence-corrected chi connectivity index (χ3v) is 2.14. The van der Waals surface area contributed by atoms with Crippen molar-refractivity contribution in [2.45, 2.75) is 11.7 Å². The smallest absolute Gasteiger partial charge is 0.242 e. The highest BCUT2D eigenvalue weighted by atomic mass is 32.1. The second-order valence-electron chi connectivity index (χ2n) is 2.60. The van der Waals surface area contributed by atoms with E-state index in [0.29, 0.717) is 13.2 Å². The molecule has 4 nitrogen and oxygen atoms in total. The Labute approximate surface area is 76.3 Å². The summed E-state index contributed by atoms with van der Waals surface area (Å²) >= 11 is 3.98. The minimum Gasteiger partial charge on any atom is -0.383 e. The highest BCUT2D eigenvalue weighted by molar-refractivity contribution is 7.81. The molecule has 0 radical (unpaired) electrons. The van der Waals surface area contributed by atoms with Gasteiger partial charge in [-0.1, -0.05) is 0 Å². The zero-order valence-corrected chi connectivity index (χ0v) is 7.71. The van der Waals surface area contributed by atoms with E-state index in [1.165, 1.54) is 12.0 Å². The maximum atomic E-state index is 11.2. The summed E-state index contributed by atoms with van der Waals surface area (Å²) in [6, 6.07) is 0. The van der Waals surface area contributed by atoms with Gasteiger partial charge < -0.3 is 4.74 Å². The fourth-order valence-electron chi connectivity index (χ4n) is 1.08. The second kappa shape index (κ2) is 3.91. The van der Waals surface area contributed by atoms with E-state index in [0.717, 1.165) is 0 Å². The maximum absolute atomic E-state index is 11.2. The number of thiol groups is 1. The summed E-state index contributed by atoms with van der Waals surface area (Å²) in [5, 5.41) is -0.450. The van der Waals surface area contributed by atoms with Gasteiger partial charge in [0, 0.05) is 13.5 Å². The number of imide groups is 1. The van der Waals surface area contributed by atoms with E-state index in [1.54, 1.807) is 0 Å². The average Bonchev–Trinajstić information content (AvgIpc) is 2.25. The summed E-state index contributed by atoms with van der Waals surface area (Å²) in [6.07, 6.45) is 0.214. The van der Waals surface area contributed by atoms with Crippen LogP contribution in [0, 0.1) is 0 Å². The van der Waals surface area contributed by atoms with Crippen molar-refractivity contribution in [3.05, 3.63) is 0 Å². The Bertz CT molecular complexity index is 207. The van der Waals surface area contributed by atoms with E-state index in [2.05, 4.69) is 12.6 Å². The lowest BCUT2D eigenvalue weighted by atomic mass is 10.4. The van der Waals surface area contributed by atoms with Gasteiger partial charge in [-0.3, -0.25) is 14.5 Å². The van der Waals surface area contributed by atoms with Crippen molar-refractivity contribution in [3.8, 4) is 0 Å². The number of hydrogen-bond donors (Lipinski definition) is 1. The van der Waals surface area contributed by atoms with Gasteiger partial charge in [0.2, 0.25) is 11.8 Å². The average molecular weight is 189 g/mol. The Morgan fingerprint density at radius 2 is 2.33 bits per heavy atom. The second-order valence-corrected chi connectivity index (χ2v) is 3.22. The van der Waals surface area contributed by atoms with E-state index >= 15 is 0 Å². The molecule has 12 heavy (non-hydrogen) atoms. The first kappa shape index (κ1) is 9.54. The SMILES string of the molecule is COCCN1C(=O)CC(S)C1=O. The predicted molar refractivity (Wildman–Crippen MR) is 46.0 cm³/mol. The first-order valence-electron chi connectivity index (χ1n) is 3.68. The van der Waals surface area contributed by atoms with Crippen LogP contribution in [-0.4, -0.2) is 42.2 Å². The summed E-state index contributed by atoms with van der Waals surface area (Å²) in [4.78, 5) is 23.5. The van der Waals surface area contributed by atoms with Gasteiger partial charge in [-0.2, -0.15) is 12.6 Å². The molecule has 2 amide bonds. The highest BCUT2D eigenvalue weighted by Gasteiger charge is 2.35. The van der Waals surface area contributed by atoms with Crippen molar-refractivity contribution in [1.29, 1.82) is 0 Å². The Morgan fingerprint density at radius 3 is 2.75 bits per heavy atom. The lowest BCUT2D eigenvalue weighted by molar-refractivity contribution is -0.138. The van der Waals surface area contributed by atoms with Crippen molar-refractivity contribution in [3.63, 3.8) is 0 Å². The molecule has 0 spiro atoms. The molecule has 1 aliphatic heterocycles. The summed E-state index contributed by atoms with van der Waals surface area (Å²) in [5.74, 6) is -0.363. The number of nitrogens with zero attached hydrogens (tertiary/aromatic N) is 1. The summed E-state index contributed by atoms with van der Waals surface area (Å²) in [6.45, 7) is 0.725.